The lowest BCUT2D eigenvalue weighted by Gasteiger charge is -2.39. The highest BCUT2D eigenvalue weighted by Gasteiger charge is 2.42. The molecule has 1 N–H and O–H groups in total. The van der Waals surface area contributed by atoms with Gasteiger partial charge in [-0.3, -0.25) is 4.79 Å². The number of nitrogens with zero attached hydrogens (tertiary/aromatic N) is 3. The summed E-state index contributed by atoms with van der Waals surface area (Å²) in [4.78, 5) is 17.4. The zero-order valence-corrected chi connectivity index (χ0v) is 16.3. The molecule has 28 heavy (non-hydrogen) atoms. The summed E-state index contributed by atoms with van der Waals surface area (Å²) in [5.41, 5.74) is 3.90. The highest BCUT2D eigenvalue weighted by atomic mass is 16.1. The van der Waals surface area contributed by atoms with E-state index in [1.54, 1.807) is 0 Å². The molecule has 2 heterocycles. The first-order chi connectivity index (χ1) is 13.6. The number of fused-ring (bicyclic) bond motifs is 4. The second kappa shape index (κ2) is 6.30. The summed E-state index contributed by atoms with van der Waals surface area (Å²) in [5.74, 6) is 1.12. The minimum atomic E-state index is -0.295. The lowest BCUT2D eigenvalue weighted by molar-refractivity contribution is 0.300. The number of hydrogen-bond acceptors (Lipinski definition) is 4. The number of aromatic nitrogens is 3. The smallest absolute Gasteiger partial charge is 0.300 e. The fourth-order valence-corrected chi connectivity index (χ4v) is 4.45. The van der Waals surface area contributed by atoms with Crippen LogP contribution in [0.4, 0.5) is 5.69 Å². The van der Waals surface area contributed by atoms with Crippen LogP contribution in [0.3, 0.4) is 0 Å². The highest BCUT2D eigenvalue weighted by molar-refractivity contribution is 5.76. The molecule has 1 aliphatic carbocycles. The normalized spacial score (nSPS) is 16.7. The molecule has 2 aliphatic rings. The average molecular weight is 372 g/mol. The second-order valence-corrected chi connectivity index (χ2v) is 8.19. The van der Waals surface area contributed by atoms with Gasteiger partial charge in [0.15, 0.2) is 11.5 Å². The Morgan fingerprint density at radius 3 is 2.46 bits per heavy atom. The first-order valence-electron chi connectivity index (χ1n) is 10.1. The second-order valence-electron chi connectivity index (χ2n) is 8.19. The first-order valence-corrected chi connectivity index (χ1v) is 10.1. The van der Waals surface area contributed by atoms with Crippen molar-refractivity contribution in [2.45, 2.75) is 51.1 Å². The van der Waals surface area contributed by atoms with Crippen LogP contribution in [0.1, 0.15) is 51.0 Å². The molecule has 0 bridgehead atoms. The van der Waals surface area contributed by atoms with E-state index in [4.69, 9.17) is 5.10 Å². The molecule has 1 aromatic heterocycles. The van der Waals surface area contributed by atoms with Crippen molar-refractivity contribution in [3.63, 3.8) is 0 Å². The van der Waals surface area contributed by atoms with Crippen molar-refractivity contribution in [3.8, 4) is 22.6 Å². The average Bonchev–Trinajstić information content (AvgIpc) is 3.17. The molecule has 0 unspecified atom stereocenters. The Morgan fingerprint density at radius 2 is 1.75 bits per heavy atom. The van der Waals surface area contributed by atoms with Crippen LogP contribution in [0.5, 0.6) is 0 Å². The summed E-state index contributed by atoms with van der Waals surface area (Å²) in [6, 6.07) is 16.2. The van der Waals surface area contributed by atoms with E-state index in [1.807, 2.05) is 35.0 Å². The van der Waals surface area contributed by atoms with Gasteiger partial charge in [0, 0.05) is 16.8 Å². The Bertz CT molecular complexity index is 1090. The lowest BCUT2D eigenvalue weighted by Crippen LogP contribution is -2.45. The van der Waals surface area contributed by atoms with Gasteiger partial charge in [-0.2, -0.15) is 10.1 Å². The van der Waals surface area contributed by atoms with E-state index in [-0.39, 0.29) is 11.2 Å². The Labute approximate surface area is 164 Å². The first kappa shape index (κ1) is 17.2. The number of anilines is 1. The minimum absolute atomic E-state index is 0.270. The van der Waals surface area contributed by atoms with E-state index < -0.39 is 0 Å². The molecule has 3 aromatic rings. The molecule has 5 heteroatoms. The number of para-hydroxylation sites is 1. The fraction of sp³-hybridized carbons (Fsp3) is 0.348. The molecule has 1 aliphatic heterocycles. The van der Waals surface area contributed by atoms with Crippen LogP contribution in [-0.4, -0.2) is 14.8 Å². The van der Waals surface area contributed by atoms with Crippen molar-refractivity contribution >= 4 is 5.69 Å². The van der Waals surface area contributed by atoms with Gasteiger partial charge >= 0.3 is 0 Å². The number of rotatable bonds is 2. The van der Waals surface area contributed by atoms with Gasteiger partial charge in [-0.15, -0.1) is 0 Å². The minimum Gasteiger partial charge on any atom is -0.361 e. The molecule has 2 aromatic carbocycles. The molecule has 0 atom stereocenters. The Balaban J connectivity index is 1.70. The SMILES string of the molecule is CC(C)c1ccc(-c2nn3c(nc2=O)-c2ccccc2NC32CCCC2)cc1. The maximum absolute atomic E-state index is 12.9. The van der Waals surface area contributed by atoms with Crippen molar-refractivity contribution < 1.29 is 0 Å². The van der Waals surface area contributed by atoms with Gasteiger partial charge in [0.1, 0.15) is 5.66 Å². The molecule has 0 amide bonds. The Morgan fingerprint density at radius 1 is 1.04 bits per heavy atom. The van der Waals surface area contributed by atoms with Crippen molar-refractivity contribution in [2.24, 2.45) is 0 Å². The summed E-state index contributed by atoms with van der Waals surface area (Å²) in [7, 11) is 0. The summed E-state index contributed by atoms with van der Waals surface area (Å²) >= 11 is 0. The standard InChI is InChI=1S/C23H24N4O/c1-15(2)16-9-11-17(12-10-16)20-22(28)24-21-18-7-3-4-8-19(18)25-23(27(21)26-20)13-5-6-14-23/h3-4,7-12,15,25H,5-6,13-14H2,1-2H3. The van der Waals surface area contributed by atoms with E-state index in [2.05, 4.69) is 42.3 Å². The molecule has 0 radical (unpaired) electrons. The van der Waals surface area contributed by atoms with Gasteiger partial charge in [0.2, 0.25) is 0 Å². The van der Waals surface area contributed by atoms with Crippen LogP contribution < -0.4 is 10.9 Å². The van der Waals surface area contributed by atoms with Gasteiger partial charge in [-0.25, -0.2) is 4.68 Å². The predicted octanol–water partition coefficient (Wildman–Crippen LogP) is 4.75. The molecule has 142 valence electrons. The van der Waals surface area contributed by atoms with Crippen molar-refractivity contribution in [2.75, 3.05) is 5.32 Å². The van der Waals surface area contributed by atoms with Gasteiger partial charge in [0.05, 0.1) is 0 Å². The molecule has 1 spiro atoms. The summed E-state index contributed by atoms with van der Waals surface area (Å²) in [5, 5.41) is 8.58. The molecule has 0 saturated heterocycles. The third-order valence-corrected chi connectivity index (χ3v) is 6.03. The van der Waals surface area contributed by atoms with Crippen LogP contribution in [0.25, 0.3) is 22.6 Å². The van der Waals surface area contributed by atoms with Crippen LogP contribution in [-0.2, 0) is 5.66 Å². The largest absolute Gasteiger partial charge is 0.361 e. The van der Waals surface area contributed by atoms with Crippen LogP contribution >= 0.6 is 0 Å². The van der Waals surface area contributed by atoms with E-state index >= 15 is 0 Å². The van der Waals surface area contributed by atoms with Gasteiger partial charge in [-0.1, -0.05) is 50.2 Å². The lowest BCUT2D eigenvalue weighted by atomic mass is 10.00. The molecular weight excluding hydrogens is 348 g/mol. The zero-order chi connectivity index (χ0) is 19.3. The fourth-order valence-electron chi connectivity index (χ4n) is 4.45. The van der Waals surface area contributed by atoms with Crippen LogP contribution in [0, 0.1) is 0 Å². The van der Waals surface area contributed by atoms with Gasteiger partial charge < -0.3 is 5.32 Å². The van der Waals surface area contributed by atoms with Gasteiger partial charge in [0.25, 0.3) is 5.56 Å². The van der Waals surface area contributed by atoms with E-state index in [0.29, 0.717) is 17.4 Å². The van der Waals surface area contributed by atoms with Crippen molar-refractivity contribution in [3.05, 3.63) is 64.4 Å². The molecule has 1 fully saturated rings. The van der Waals surface area contributed by atoms with Crippen molar-refractivity contribution in [1.29, 1.82) is 0 Å². The summed E-state index contributed by atoms with van der Waals surface area (Å²) < 4.78 is 1.98. The molecular formula is C23H24N4O. The van der Waals surface area contributed by atoms with Crippen LogP contribution in [0.2, 0.25) is 0 Å². The maximum atomic E-state index is 12.9. The zero-order valence-electron chi connectivity index (χ0n) is 16.3. The predicted molar refractivity (Wildman–Crippen MR) is 111 cm³/mol. The third-order valence-electron chi connectivity index (χ3n) is 6.03. The molecule has 1 saturated carbocycles. The van der Waals surface area contributed by atoms with Crippen molar-refractivity contribution in [1.82, 2.24) is 14.8 Å². The number of benzene rings is 2. The summed E-state index contributed by atoms with van der Waals surface area (Å²) in [6.45, 7) is 4.32. The quantitative estimate of drug-likeness (QED) is 0.705. The molecule has 5 rings (SSSR count). The monoisotopic (exact) mass is 372 g/mol. The topological polar surface area (TPSA) is 59.8 Å². The Hall–Kier alpha value is -2.95. The van der Waals surface area contributed by atoms with E-state index in [9.17, 15) is 4.79 Å². The Kier molecular flexibility index (Phi) is 3.86. The van der Waals surface area contributed by atoms with E-state index in [0.717, 1.165) is 42.5 Å². The highest BCUT2D eigenvalue weighted by Crippen LogP contribution is 2.44. The summed E-state index contributed by atoms with van der Waals surface area (Å²) in [6.07, 6.45) is 4.25. The third kappa shape index (κ3) is 2.57. The van der Waals surface area contributed by atoms with Crippen LogP contribution in [0.15, 0.2) is 53.3 Å². The number of hydrogen-bond donors (Lipinski definition) is 1. The van der Waals surface area contributed by atoms with E-state index in [1.165, 1.54) is 5.56 Å². The number of nitrogens with one attached hydrogen (secondary N) is 1. The van der Waals surface area contributed by atoms with Gasteiger partial charge in [-0.05, 0) is 49.3 Å². The maximum Gasteiger partial charge on any atom is 0.300 e. The molecule has 5 nitrogen and oxygen atoms in total.